The van der Waals surface area contributed by atoms with Crippen LogP contribution in [0.5, 0.6) is 0 Å². The summed E-state index contributed by atoms with van der Waals surface area (Å²) in [6.07, 6.45) is 5.75. The molecule has 0 bridgehead atoms. The van der Waals surface area contributed by atoms with Gasteiger partial charge in [0.05, 0.1) is 35.3 Å². The molecule has 8 heteroatoms. The molecule has 0 radical (unpaired) electrons. The van der Waals surface area contributed by atoms with Gasteiger partial charge in [-0.25, -0.2) is 4.98 Å². The summed E-state index contributed by atoms with van der Waals surface area (Å²) >= 11 is 0. The molecule has 2 aromatic rings. The molecule has 2 N–H and O–H groups in total. The Labute approximate surface area is 207 Å². The maximum absolute atomic E-state index is 12.6. The molecule has 1 saturated heterocycles. The molecule has 184 valence electrons. The average Bonchev–Trinajstić information content (AvgIpc) is 3.70. The molecule has 4 rings (SSSR count). The number of nitriles is 1. The lowest BCUT2D eigenvalue weighted by Gasteiger charge is -2.44. The Morgan fingerprint density at radius 2 is 2.17 bits per heavy atom. The number of aromatic nitrogens is 2. The largest absolute Gasteiger partial charge is 0.396 e. The summed E-state index contributed by atoms with van der Waals surface area (Å²) in [6.45, 7) is 11.6. The lowest BCUT2D eigenvalue weighted by Crippen LogP contribution is -2.57. The highest BCUT2D eigenvalue weighted by molar-refractivity contribution is 5.78. The molecular formula is C27H34N6O2. The van der Waals surface area contributed by atoms with Crippen molar-refractivity contribution in [1.29, 1.82) is 5.26 Å². The first-order valence-corrected chi connectivity index (χ1v) is 12.3. The Hall–Kier alpha value is -3.44. The van der Waals surface area contributed by atoms with E-state index in [1.807, 2.05) is 24.0 Å². The minimum atomic E-state index is -0.145. The summed E-state index contributed by atoms with van der Waals surface area (Å²) in [5.41, 5.74) is 5.00. The standard InChI is InChI=1S/C27H34N6O2/c1-5-20-14-21(8-10-29-20)30-25-18(4)22(15-28)27(31-26(25)19-6-7-19)32-11-12-33(24(35)9-13-34)23(16-32)17(2)3/h5,8,10,14,17,19,23,34H,1,6-7,9,11-13,16H2,2-4H3,(H,29,30). The van der Waals surface area contributed by atoms with Crippen LogP contribution in [0.1, 0.15) is 61.5 Å². The van der Waals surface area contributed by atoms with Gasteiger partial charge in [-0.3, -0.25) is 9.78 Å². The summed E-state index contributed by atoms with van der Waals surface area (Å²) in [5.74, 6) is 1.29. The molecule has 1 aliphatic carbocycles. The van der Waals surface area contributed by atoms with Gasteiger partial charge in [-0.15, -0.1) is 0 Å². The molecular weight excluding hydrogens is 440 g/mol. The van der Waals surface area contributed by atoms with Gasteiger partial charge < -0.3 is 20.2 Å². The van der Waals surface area contributed by atoms with Gasteiger partial charge in [0.15, 0.2) is 0 Å². The monoisotopic (exact) mass is 474 g/mol. The predicted molar refractivity (Wildman–Crippen MR) is 138 cm³/mol. The Morgan fingerprint density at radius 3 is 2.80 bits per heavy atom. The van der Waals surface area contributed by atoms with Crippen molar-refractivity contribution in [3.8, 4) is 6.07 Å². The van der Waals surface area contributed by atoms with Crippen LogP contribution in [0.15, 0.2) is 24.9 Å². The normalized spacial score (nSPS) is 17.9. The second-order valence-electron chi connectivity index (χ2n) is 9.70. The molecule has 1 saturated carbocycles. The van der Waals surface area contributed by atoms with E-state index in [9.17, 15) is 15.2 Å². The van der Waals surface area contributed by atoms with E-state index in [-0.39, 0.29) is 30.9 Å². The minimum Gasteiger partial charge on any atom is -0.396 e. The third-order valence-corrected chi connectivity index (χ3v) is 6.93. The van der Waals surface area contributed by atoms with Crippen molar-refractivity contribution in [1.82, 2.24) is 14.9 Å². The van der Waals surface area contributed by atoms with E-state index >= 15 is 0 Å². The van der Waals surface area contributed by atoms with Gasteiger partial charge in [-0.1, -0.05) is 20.4 Å². The maximum atomic E-state index is 12.6. The van der Waals surface area contributed by atoms with Crippen LogP contribution in [0.25, 0.3) is 6.08 Å². The number of carbonyl (C=O) groups is 1. The highest BCUT2D eigenvalue weighted by Crippen LogP contribution is 2.46. The van der Waals surface area contributed by atoms with E-state index in [2.05, 4.69) is 41.7 Å². The zero-order valence-corrected chi connectivity index (χ0v) is 20.8. The first kappa shape index (κ1) is 24.7. The van der Waals surface area contributed by atoms with Crippen molar-refractivity contribution in [3.63, 3.8) is 0 Å². The number of anilines is 3. The fourth-order valence-corrected chi connectivity index (χ4v) is 4.79. The SMILES string of the molecule is C=Cc1cc(Nc2c(C3CC3)nc(N3CCN(C(=O)CCO)C(C(C)C)C3)c(C#N)c2C)ccn1. The van der Waals surface area contributed by atoms with Crippen LogP contribution in [0.3, 0.4) is 0 Å². The molecule has 1 aliphatic heterocycles. The zero-order valence-electron chi connectivity index (χ0n) is 20.8. The highest BCUT2D eigenvalue weighted by Gasteiger charge is 2.36. The first-order chi connectivity index (χ1) is 16.9. The summed E-state index contributed by atoms with van der Waals surface area (Å²) in [6, 6.07) is 6.23. The van der Waals surface area contributed by atoms with Crippen molar-refractivity contribution < 1.29 is 9.90 Å². The van der Waals surface area contributed by atoms with Crippen LogP contribution in [-0.4, -0.2) is 58.2 Å². The minimum absolute atomic E-state index is 0.00670. The molecule has 0 aromatic carbocycles. The molecule has 1 unspecified atom stereocenters. The fourth-order valence-electron chi connectivity index (χ4n) is 4.79. The number of aliphatic hydroxyl groups is 1. The van der Waals surface area contributed by atoms with Crippen LogP contribution < -0.4 is 10.2 Å². The lowest BCUT2D eigenvalue weighted by atomic mass is 9.97. The fraction of sp³-hybridized carbons (Fsp3) is 0.481. The van der Waals surface area contributed by atoms with Crippen LogP contribution in [0, 0.1) is 24.2 Å². The van der Waals surface area contributed by atoms with Gasteiger partial charge in [-0.2, -0.15) is 5.26 Å². The summed E-state index contributed by atoms with van der Waals surface area (Å²) in [4.78, 5) is 26.0. The van der Waals surface area contributed by atoms with Gasteiger partial charge in [0, 0.05) is 43.9 Å². The van der Waals surface area contributed by atoms with E-state index in [0.717, 1.165) is 41.2 Å². The molecule has 3 heterocycles. The first-order valence-electron chi connectivity index (χ1n) is 12.3. The summed E-state index contributed by atoms with van der Waals surface area (Å²) in [5, 5.41) is 22.9. The number of carbonyl (C=O) groups excluding carboxylic acids is 1. The molecule has 1 amide bonds. The van der Waals surface area contributed by atoms with E-state index < -0.39 is 0 Å². The molecule has 2 aromatic heterocycles. The smallest absolute Gasteiger partial charge is 0.225 e. The highest BCUT2D eigenvalue weighted by atomic mass is 16.3. The summed E-state index contributed by atoms with van der Waals surface area (Å²) in [7, 11) is 0. The Balaban J connectivity index is 1.70. The Morgan fingerprint density at radius 1 is 1.40 bits per heavy atom. The second-order valence-corrected chi connectivity index (χ2v) is 9.70. The van der Waals surface area contributed by atoms with Crippen LogP contribution >= 0.6 is 0 Å². The van der Waals surface area contributed by atoms with Crippen molar-refractivity contribution >= 4 is 29.2 Å². The van der Waals surface area contributed by atoms with Crippen LogP contribution in [0.4, 0.5) is 17.2 Å². The topological polar surface area (TPSA) is 105 Å². The van der Waals surface area contributed by atoms with Crippen molar-refractivity contribution in [3.05, 3.63) is 47.4 Å². The Bertz CT molecular complexity index is 1150. The number of aliphatic hydroxyl groups excluding tert-OH is 1. The number of hydrogen-bond donors (Lipinski definition) is 2. The third-order valence-electron chi connectivity index (χ3n) is 6.93. The van der Waals surface area contributed by atoms with E-state index in [1.54, 1.807) is 12.3 Å². The number of nitrogens with one attached hydrogen (secondary N) is 1. The number of hydrogen-bond acceptors (Lipinski definition) is 7. The molecule has 2 aliphatic rings. The van der Waals surface area contributed by atoms with Gasteiger partial charge in [0.25, 0.3) is 0 Å². The predicted octanol–water partition coefficient (Wildman–Crippen LogP) is 3.98. The lowest BCUT2D eigenvalue weighted by molar-refractivity contribution is -0.135. The quantitative estimate of drug-likeness (QED) is 0.596. The number of pyridine rings is 2. The molecule has 8 nitrogen and oxygen atoms in total. The van der Waals surface area contributed by atoms with Gasteiger partial charge in [-0.05, 0) is 49.5 Å². The molecule has 0 spiro atoms. The number of piperazine rings is 1. The molecule has 1 atom stereocenters. The van der Waals surface area contributed by atoms with E-state index in [4.69, 9.17) is 4.98 Å². The Kier molecular flexibility index (Phi) is 7.37. The van der Waals surface area contributed by atoms with Crippen molar-refractivity contribution in [2.24, 2.45) is 5.92 Å². The van der Waals surface area contributed by atoms with Crippen LogP contribution in [0.2, 0.25) is 0 Å². The van der Waals surface area contributed by atoms with Gasteiger partial charge in [0.1, 0.15) is 11.9 Å². The van der Waals surface area contributed by atoms with E-state index in [0.29, 0.717) is 36.9 Å². The zero-order chi connectivity index (χ0) is 25.1. The number of amides is 1. The number of nitrogens with zero attached hydrogens (tertiary/aromatic N) is 5. The van der Waals surface area contributed by atoms with E-state index in [1.165, 1.54) is 0 Å². The van der Waals surface area contributed by atoms with Gasteiger partial charge in [0.2, 0.25) is 5.91 Å². The average molecular weight is 475 g/mol. The number of rotatable bonds is 8. The van der Waals surface area contributed by atoms with Gasteiger partial charge >= 0.3 is 0 Å². The molecule has 2 fully saturated rings. The second kappa shape index (κ2) is 10.4. The third kappa shape index (κ3) is 5.15. The van der Waals surface area contributed by atoms with Crippen LogP contribution in [-0.2, 0) is 4.79 Å². The van der Waals surface area contributed by atoms with Crippen molar-refractivity contribution in [2.75, 3.05) is 36.5 Å². The van der Waals surface area contributed by atoms with Crippen molar-refractivity contribution in [2.45, 2.75) is 52.0 Å². The summed E-state index contributed by atoms with van der Waals surface area (Å²) < 4.78 is 0. The molecule has 35 heavy (non-hydrogen) atoms. The maximum Gasteiger partial charge on any atom is 0.225 e.